The highest BCUT2D eigenvalue weighted by atomic mass is 31.2. The van der Waals surface area contributed by atoms with Gasteiger partial charge in [-0.2, -0.15) is 0 Å². The van der Waals surface area contributed by atoms with Crippen molar-refractivity contribution >= 4 is 83.4 Å². The quantitative estimate of drug-likeness (QED) is 0.151. The summed E-state index contributed by atoms with van der Waals surface area (Å²) in [5.74, 6) is 2.14. The summed E-state index contributed by atoms with van der Waals surface area (Å²) < 4.78 is 23.0. The fourth-order valence-electron chi connectivity index (χ4n) is 9.17. The summed E-state index contributed by atoms with van der Waals surface area (Å²) >= 11 is 0. The molecule has 0 unspecified atom stereocenters. The maximum atomic E-state index is 16.5. The Bertz CT molecular complexity index is 3390. The van der Waals surface area contributed by atoms with Crippen LogP contribution in [0, 0.1) is 0 Å². The predicted octanol–water partition coefficient (Wildman–Crippen LogP) is 11.7. The predicted molar refractivity (Wildman–Crippen MR) is 246 cm³/mol. The van der Waals surface area contributed by atoms with E-state index in [4.69, 9.17) is 15.0 Å². The van der Waals surface area contributed by atoms with Crippen LogP contribution in [-0.2, 0) is 10.7 Å². The summed E-state index contributed by atoms with van der Waals surface area (Å²) in [5.41, 5.74) is 7.88. The molecule has 0 saturated carbocycles. The van der Waals surface area contributed by atoms with Crippen LogP contribution in [0.25, 0.3) is 82.9 Å². The Morgan fingerprint density at radius 1 is 0.317 bits per heavy atom. The van der Waals surface area contributed by atoms with Crippen molar-refractivity contribution in [3.05, 3.63) is 206 Å². The highest BCUT2D eigenvalue weighted by molar-refractivity contribution is 7.77. The first-order chi connectivity index (χ1) is 29.6. The van der Waals surface area contributed by atoms with Crippen LogP contribution in [-0.4, -0.2) is 28.7 Å². The van der Waals surface area contributed by atoms with Crippen molar-refractivity contribution in [1.82, 2.24) is 28.7 Å². The zero-order chi connectivity index (χ0) is 39.8. The largest absolute Gasteiger partial charge is 0.310 e. The number of hydrogen-bond acceptors (Lipinski definition) is 4. The first-order valence-electron chi connectivity index (χ1n) is 20.1. The molecule has 0 saturated heterocycles. The average molecular weight is 791 g/mol. The minimum Gasteiger partial charge on any atom is -0.310 e. The van der Waals surface area contributed by atoms with Crippen LogP contribution in [0.3, 0.4) is 0 Å². The molecule has 6 heterocycles. The van der Waals surface area contributed by atoms with E-state index < -0.39 is 7.14 Å². The normalized spacial score (nSPS) is 12.1. The van der Waals surface area contributed by atoms with Crippen molar-refractivity contribution in [2.75, 3.05) is 0 Å². The van der Waals surface area contributed by atoms with E-state index in [2.05, 4.69) is 135 Å². The Balaban J connectivity index is 1.07. The van der Waals surface area contributed by atoms with Crippen molar-refractivity contribution in [2.24, 2.45) is 0 Å². The number of benzene rings is 6. The van der Waals surface area contributed by atoms with Gasteiger partial charge >= 0.3 is 0 Å². The van der Waals surface area contributed by atoms with Gasteiger partial charge in [-0.1, -0.05) is 127 Å². The molecule has 8 heteroatoms. The van der Waals surface area contributed by atoms with Crippen molar-refractivity contribution in [2.45, 2.75) is 6.16 Å². The number of rotatable bonds is 7. The van der Waals surface area contributed by atoms with Crippen LogP contribution in [0.1, 0.15) is 5.69 Å². The average Bonchev–Trinajstić information content (AvgIpc) is 3.95. The van der Waals surface area contributed by atoms with Gasteiger partial charge in [-0.25, -0.2) is 15.0 Å². The zero-order valence-corrected chi connectivity index (χ0v) is 33.2. The van der Waals surface area contributed by atoms with Crippen molar-refractivity contribution in [3.63, 3.8) is 0 Å². The van der Waals surface area contributed by atoms with Crippen LogP contribution in [0.15, 0.2) is 200 Å². The number of para-hydroxylation sites is 6. The van der Waals surface area contributed by atoms with Crippen LogP contribution in [0.5, 0.6) is 0 Å². The van der Waals surface area contributed by atoms with Gasteiger partial charge in [0.05, 0.1) is 45.0 Å². The van der Waals surface area contributed by atoms with E-state index in [0.29, 0.717) is 28.2 Å². The van der Waals surface area contributed by atoms with Gasteiger partial charge < -0.3 is 4.57 Å². The Morgan fingerprint density at radius 3 is 0.933 bits per heavy atom. The van der Waals surface area contributed by atoms with Crippen LogP contribution < -0.4 is 10.9 Å². The number of fused-ring (bicyclic) bond motifs is 9. The maximum Gasteiger partial charge on any atom is 0.184 e. The Labute approximate surface area is 344 Å². The third-order valence-electron chi connectivity index (χ3n) is 11.8. The monoisotopic (exact) mass is 790 g/mol. The second kappa shape index (κ2) is 13.5. The molecule has 0 aliphatic carbocycles. The molecule has 60 heavy (non-hydrogen) atoms. The molecule has 0 atom stereocenters. The molecule has 0 amide bonds. The van der Waals surface area contributed by atoms with E-state index in [-0.39, 0.29) is 6.16 Å². The third kappa shape index (κ3) is 5.23. The molecule has 12 rings (SSSR count). The maximum absolute atomic E-state index is 16.5. The molecule has 0 bridgehead atoms. The summed E-state index contributed by atoms with van der Waals surface area (Å²) in [6, 6.07) is 68.0. The molecule has 0 aliphatic heterocycles. The fourth-order valence-corrected chi connectivity index (χ4v) is 11.5. The van der Waals surface area contributed by atoms with Crippen molar-refractivity contribution < 1.29 is 4.57 Å². The SMILES string of the molecule is O=P(Cc1cccc(-n2c3ccccc3c3ccccc32)n1)(c1cccc(-n2c3ccccc3c3ccccc32)n1)c1cccc(-n2c3ccccc3c3ccccc32)n1. The summed E-state index contributed by atoms with van der Waals surface area (Å²) in [5, 5.41) is 6.85. The number of nitrogens with zero attached hydrogens (tertiary/aromatic N) is 6. The van der Waals surface area contributed by atoms with Gasteiger partial charge in [-0.05, 0) is 72.8 Å². The molecule has 6 aromatic carbocycles. The van der Waals surface area contributed by atoms with E-state index in [1.807, 2.05) is 78.9 Å². The lowest BCUT2D eigenvalue weighted by molar-refractivity contribution is 0.585. The minimum absolute atomic E-state index is 0.116. The van der Waals surface area contributed by atoms with Gasteiger partial charge in [0.15, 0.2) is 7.14 Å². The first-order valence-corrected chi connectivity index (χ1v) is 22.0. The van der Waals surface area contributed by atoms with Crippen LogP contribution in [0.2, 0.25) is 0 Å². The molecular weight excluding hydrogens is 756 g/mol. The van der Waals surface area contributed by atoms with E-state index in [0.717, 1.165) is 71.2 Å². The lowest BCUT2D eigenvalue weighted by Gasteiger charge is -2.20. The summed E-state index contributed by atoms with van der Waals surface area (Å²) in [6.07, 6.45) is 0.116. The van der Waals surface area contributed by atoms with Gasteiger partial charge in [-0.15, -0.1) is 0 Å². The minimum atomic E-state index is -3.66. The highest BCUT2D eigenvalue weighted by Crippen LogP contribution is 2.46. The standard InChI is InChI=1S/C52H35N6OP/c59-60(51-32-14-30-49(54-51)57-44-25-9-3-19-38(44)39-20-4-10-26-45(39)57,52-33-15-31-50(55-52)58-46-27-11-5-21-40(46)41-22-6-12-28-47(41)58)34-35-16-13-29-48(53-35)56-42-23-7-1-17-36(42)37-18-2-8-24-43(37)56/h1-33H,34H2. The topological polar surface area (TPSA) is 70.5 Å². The number of hydrogen-bond donors (Lipinski definition) is 0. The summed E-state index contributed by atoms with van der Waals surface area (Å²) in [4.78, 5) is 15.9. The summed E-state index contributed by atoms with van der Waals surface area (Å²) in [6.45, 7) is 0. The molecule has 0 spiro atoms. The van der Waals surface area contributed by atoms with E-state index in [1.54, 1.807) is 0 Å². The highest BCUT2D eigenvalue weighted by Gasteiger charge is 2.33. The Kier molecular flexibility index (Phi) is 7.74. The first kappa shape index (κ1) is 34.4. The van der Waals surface area contributed by atoms with Gasteiger partial charge in [0.2, 0.25) is 0 Å². The van der Waals surface area contributed by atoms with E-state index in [1.165, 1.54) is 0 Å². The van der Waals surface area contributed by atoms with Crippen molar-refractivity contribution in [3.8, 4) is 17.5 Å². The van der Waals surface area contributed by atoms with Crippen molar-refractivity contribution in [1.29, 1.82) is 0 Å². The second-order valence-electron chi connectivity index (χ2n) is 15.2. The lowest BCUT2D eigenvalue weighted by atomic mass is 10.2. The van der Waals surface area contributed by atoms with Gasteiger partial charge in [0, 0.05) is 32.3 Å². The molecule has 7 nitrogen and oxygen atoms in total. The second-order valence-corrected chi connectivity index (χ2v) is 17.9. The molecule has 0 fully saturated rings. The molecule has 12 aromatic rings. The fraction of sp³-hybridized carbons (Fsp3) is 0.0192. The molecule has 0 N–H and O–H groups in total. The summed E-state index contributed by atoms with van der Waals surface area (Å²) in [7, 11) is -3.66. The molecular formula is C52H35N6OP. The zero-order valence-electron chi connectivity index (χ0n) is 32.3. The number of aromatic nitrogens is 6. The number of pyridine rings is 3. The lowest BCUT2D eigenvalue weighted by Crippen LogP contribution is -2.25. The third-order valence-corrected chi connectivity index (χ3v) is 14.5. The van der Waals surface area contributed by atoms with E-state index >= 15 is 4.57 Å². The van der Waals surface area contributed by atoms with Gasteiger partial charge in [0.25, 0.3) is 0 Å². The Morgan fingerprint density at radius 2 is 0.600 bits per heavy atom. The van der Waals surface area contributed by atoms with Gasteiger partial charge in [-0.3, -0.25) is 13.7 Å². The van der Waals surface area contributed by atoms with E-state index in [9.17, 15) is 0 Å². The van der Waals surface area contributed by atoms with Gasteiger partial charge in [0.1, 0.15) is 28.3 Å². The smallest absolute Gasteiger partial charge is 0.184 e. The molecule has 6 aromatic heterocycles. The Hall–Kier alpha value is -7.60. The molecule has 0 aliphatic rings. The molecule has 0 radical (unpaired) electrons. The van der Waals surface area contributed by atoms with Crippen LogP contribution in [0.4, 0.5) is 0 Å². The van der Waals surface area contributed by atoms with Crippen LogP contribution >= 0.6 is 7.14 Å². The molecule has 284 valence electrons.